The predicted octanol–water partition coefficient (Wildman–Crippen LogP) is 2.86. The third kappa shape index (κ3) is 5.61. The number of carbonyl (C=O) groups excluding carboxylic acids is 2. The Morgan fingerprint density at radius 1 is 1.29 bits per heavy atom. The van der Waals surface area contributed by atoms with Crippen LogP contribution in [0.1, 0.15) is 47.6 Å². The smallest absolute Gasteiger partial charge is 0.323 e. The Labute approximate surface area is 184 Å². The van der Waals surface area contributed by atoms with Crippen LogP contribution in [0.15, 0.2) is 42.0 Å². The summed E-state index contributed by atoms with van der Waals surface area (Å²) < 4.78 is 6.92. The summed E-state index contributed by atoms with van der Waals surface area (Å²) in [5.74, 6) is -0.388. The highest BCUT2D eigenvalue weighted by atomic mass is 16.5. The number of benzene rings is 1. The minimum Gasteiger partial charge on any atom is -0.468 e. The van der Waals surface area contributed by atoms with Gasteiger partial charge in [-0.1, -0.05) is 23.8 Å². The molecule has 1 N–H and O–H groups in total. The van der Waals surface area contributed by atoms with Crippen molar-refractivity contribution >= 4 is 11.9 Å². The number of hydrogen-bond acceptors (Lipinski definition) is 5. The van der Waals surface area contributed by atoms with Crippen molar-refractivity contribution < 1.29 is 14.3 Å². The van der Waals surface area contributed by atoms with E-state index in [-0.39, 0.29) is 24.0 Å². The molecule has 7 heteroatoms. The molecule has 0 radical (unpaired) electrons. The Morgan fingerprint density at radius 3 is 2.71 bits per heavy atom. The first-order valence-electron chi connectivity index (χ1n) is 10.6. The largest absolute Gasteiger partial charge is 0.468 e. The van der Waals surface area contributed by atoms with Gasteiger partial charge in [-0.15, -0.1) is 0 Å². The molecule has 1 aromatic heterocycles. The van der Waals surface area contributed by atoms with Gasteiger partial charge in [0, 0.05) is 30.4 Å². The Morgan fingerprint density at radius 2 is 2.06 bits per heavy atom. The number of nitrogens with one attached hydrogen (secondary N) is 1. The van der Waals surface area contributed by atoms with E-state index >= 15 is 0 Å². The zero-order valence-electron chi connectivity index (χ0n) is 19.0. The Bertz CT molecular complexity index is 979. The van der Waals surface area contributed by atoms with Crippen LogP contribution in [0.3, 0.4) is 0 Å². The molecule has 2 heterocycles. The number of likely N-dealkylation sites (tertiary alicyclic amines) is 1. The van der Waals surface area contributed by atoms with Gasteiger partial charge in [-0.25, -0.2) is 0 Å². The molecule has 166 valence electrons. The SMILES string of the molecule is C/C=C(\C)CN1C[C@@H](NC(=O)c2cccc(Cn3nc(C)cc3C)c2)C[C@H]1C(=O)OC. The van der Waals surface area contributed by atoms with Crippen molar-refractivity contribution in [2.75, 3.05) is 20.2 Å². The normalized spacial score (nSPS) is 19.5. The van der Waals surface area contributed by atoms with Crippen LogP contribution in [0.4, 0.5) is 0 Å². The van der Waals surface area contributed by atoms with Crippen molar-refractivity contribution in [1.29, 1.82) is 0 Å². The number of allylic oxidation sites excluding steroid dienone is 1. The van der Waals surface area contributed by atoms with Crippen LogP contribution in [0.2, 0.25) is 0 Å². The topological polar surface area (TPSA) is 76.5 Å². The summed E-state index contributed by atoms with van der Waals surface area (Å²) in [4.78, 5) is 27.2. The summed E-state index contributed by atoms with van der Waals surface area (Å²) in [6.07, 6.45) is 2.58. The summed E-state index contributed by atoms with van der Waals surface area (Å²) in [7, 11) is 1.41. The molecule has 2 atom stereocenters. The highest BCUT2D eigenvalue weighted by Gasteiger charge is 2.38. The quantitative estimate of drug-likeness (QED) is 0.546. The molecule has 1 aliphatic rings. The fourth-order valence-electron chi connectivity index (χ4n) is 4.06. The van der Waals surface area contributed by atoms with Crippen LogP contribution in [-0.4, -0.2) is 58.8 Å². The van der Waals surface area contributed by atoms with Crippen molar-refractivity contribution in [3.05, 3.63) is 64.5 Å². The molecule has 7 nitrogen and oxygen atoms in total. The van der Waals surface area contributed by atoms with Crippen LogP contribution in [-0.2, 0) is 16.1 Å². The van der Waals surface area contributed by atoms with E-state index in [9.17, 15) is 9.59 Å². The number of esters is 1. The second-order valence-electron chi connectivity index (χ2n) is 8.29. The number of rotatable bonds is 7. The third-order valence-electron chi connectivity index (χ3n) is 5.78. The predicted molar refractivity (Wildman–Crippen MR) is 120 cm³/mol. The van der Waals surface area contributed by atoms with Crippen molar-refractivity contribution in [2.24, 2.45) is 0 Å². The monoisotopic (exact) mass is 424 g/mol. The van der Waals surface area contributed by atoms with Gasteiger partial charge in [-0.2, -0.15) is 5.10 Å². The maximum Gasteiger partial charge on any atom is 0.323 e. The molecule has 0 unspecified atom stereocenters. The van der Waals surface area contributed by atoms with Crippen LogP contribution in [0.25, 0.3) is 0 Å². The number of hydrogen-bond donors (Lipinski definition) is 1. The fourth-order valence-corrected chi connectivity index (χ4v) is 4.06. The molecule has 1 fully saturated rings. The average Bonchev–Trinajstić information content (AvgIpc) is 3.28. The number of aromatic nitrogens is 2. The average molecular weight is 425 g/mol. The van der Waals surface area contributed by atoms with Gasteiger partial charge in [0.25, 0.3) is 5.91 Å². The number of methoxy groups -OCH3 is 1. The first-order valence-corrected chi connectivity index (χ1v) is 10.6. The molecule has 0 spiro atoms. The van der Waals surface area contributed by atoms with Crippen molar-refractivity contribution in [3.63, 3.8) is 0 Å². The van der Waals surface area contributed by atoms with Gasteiger partial charge in [-0.05, 0) is 57.9 Å². The minimum absolute atomic E-state index is 0.110. The molecular formula is C24H32N4O3. The number of ether oxygens (including phenoxy) is 1. The van der Waals surface area contributed by atoms with Crippen LogP contribution < -0.4 is 5.32 Å². The van der Waals surface area contributed by atoms with E-state index in [1.807, 2.05) is 68.8 Å². The van der Waals surface area contributed by atoms with Gasteiger partial charge < -0.3 is 10.1 Å². The highest BCUT2D eigenvalue weighted by molar-refractivity contribution is 5.94. The number of carbonyl (C=O) groups is 2. The van der Waals surface area contributed by atoms with E-state index < -0.39 is 0 Å². The first-order chi connectivity index (χ1) is 14.8. The van der Waals surface area contributed by atoms with Crippen LogP contribution in [0, 0.1) is 13.8 Å². The molecule has 1 aliphatic heterocycles. The van der Waals surface area contributed by atoms with E-state index in [1.165, 1.54) is 12.7 Å². The summed E-state index contributed by atoms with van der Waals surface area (Å²) in [6, 6.07) is 9.19. The number of aryl methyl sites for hydroxylation is 2. The van der Waals surface area contributed by atoms with Crippen LogP contribution in [0.5, 0.6) is 0 Å². The summed E-state index contributed by atoms with van der Waals surface area (Å²) in [5, 5.41) is 7.60. The van der Waals surface area contributed by atoms with E-state index in [0.717, 1.165) is 17.0 Å². The maximum absolute atomic E-state index is 12.9. The van der Waals surface area contributed by atoms with Crippen LogP contribution >= 0.6 is 0 Å². The lowest BCUT2D eigenvalue weighted by Gasteiger charge is -2.22. The highest BCUT2D eigenvalue weighted by Crippen LogP contribution is 2.21. The van der Waals surface area contributed by atoms with E-state index in [0.29, 0.717) is 31.6 Å². The second-order valence-corrected chi connectivity index (χ2v) is 8.29. The Balaban J connectivity index is 1.68. The Hall–Kier alpha value is -2.93. The minimum atomic E-state index is -0.345. The number of amides is 1. The Kier molecular flexibility index (Phi) is 7.28. The zero-order chi connectivity index (χ0) is 22.5. The van der Waals surface area contributed by atoms with Gasteiger partial charge >= 0.3 is 5.97 Å². The van der Waals surface area contributed by atoms with Gasteiger partial charge in [-0.3, -0.25) is 19.2 Å². The van der Waals surface area contributed by atoms with Crippen molar-refractivity contribution in [2.45, 2.75) is 52.7 Å². The maximum atomic E-state index is 12.9. The molecule has 0 aliphatic carbocycles. The molecular weight excluding hydrogens is 392 g/mol. The molecule has 1 amide bonds. The lowest BCUT2D eigenvalue weighted by Crippen LogP contribution is -2.39. The molecule has 31 heavy (non-hydrogen) atoms. The first kappa shape index (κ1) is 22.7. The molecule has 0 bridgehead atoms. The summed E-state index contributed by atoms with van der Waals surface area (Å²) >= 11 is 0. The second kappa shape index (κ2) is 9.92. The summed E-state index contributed by atoms with van der Waals surface area (Å²) in [5.41, 5.74) is 4.87. The van der Waals surface area contributed by atoms with E-state index in [4.69, 9.17) is 4.74 Å². The molecule has 0 saturated carbocycles. The summed E-state index contributed by atoms with van der Waals surface area (Å²) in [6.45, 7) is 9.92. The molecule has 2 aromatic rings. The van der Waals surface area contributed by atoms with Crippen molar-refractivity contribution in [3.8, 4) is 0 Å². The zero-order valence-corrected chi connectivity index (χ0v) is 19.0. The van der Waals surface area contributed by atoms with E-state index in [2.05, 4.69) is 15.3 Å². The van der Waals surface area contributed by atoms with Gasteiger partial charge in [0.2, 0.25) is 0 Å². The van der Waals surface area contributed by atoms with Gasteiger partial charge in [0.05, 0.1) is 19.3 Å². The lowest BCUT2D eigenvalue weighted by atomic mass is 10.1. The number of nitrogens with zero attached hydrogens (tertiary/aromatic N) is 3. The van der Waals surface area contributed by atoms with E-state index in [1.54, 1.807) is 0 Å². The van der Waals surface area contributed by atoms with Gasteiger partial charge in [0.1, 0.15) is 6.04 Å². The standard InChI is InChI=1S/C24H32N4O3/c1-6-16(2)13-27-15-21(12-22(27)24(30)31-5)25-23(29)20-9-7-8-19(11-20)14-28-18(4)10-17(3)26-28/h6-11,21-22H,12-15H2,1-5H3,(H,25,29)/b16-6+/t21-,22-/m0/s1. The third-order valence-corrected chi connectivity index (χ3v) is 5.78. The molecule has 3 rings (SSSR count). The molecule has 1 saturated heterocycles. The van der Waals surface area contributed by atoms with Crippen molar-refractivity contribution in [1.82, 2.24) is 20.0 Å². The lowest BCUT2D eigenvalue weighted by molar-refractivity contribution is -0.145. The fraction of sp³-hybridized carbons (Fsp3) is 0.458. The molecule has 1 aromatic carbocycles. The van der Waals surface area contributed by atoms with Gasteiger partial charge in [0.15, 0.2) is 0 Å².